The van der Waals surface area contributed by atoms with E-state index in [-0.39, 0.29) is 28.4 Å². The van der Waals surface area contributed by atoms with E-state index in [2.05, 4.69) is 47.7 Å². The van der Waals surface area contributed by atoms with Gasteiger partial charge in [0, 0.05) is 12.0 Å². The van der Waals surface area contributed by atoms with E-state index in [9.17, 15) is 9.90 Å². The Bertz CT molecular complexity index is 613. The van der Waals surface area contributed by atoms with Crippen LogP contribution in [0.1, 0.15) is 65.2 Å². The molecule has 0 bridgehead atoms. The van der Waals surface area contributed by atoms with Crippen molar-refractivity contribution in [3.63, 3.8) is 0 Å². The maximum Gasteiger partial charge on any atom is 0.342 e. The van der Waals surface area contributed by atoms with Crippen molar-refractivity contribution in [2.45, 2.75) is 85.0 Å². The molecule has 1 N–H and O–H groups in total. The molecule has 0 radical (unpaired) electrons. The highest BCUT2D eigenvalue weighted by atomic mass is 28.4. The Kier molecular flexibility index (Phi) is 6.50. The van der Waals surface area contributed by atoms with Crippen molar-refractivity contribution in [1.82, 2.24) is 0 Å². The number of rotatable bonds is 6. The first kappa shape index (κ1) is 21.0. The maximum atomic E-state index is 11.9. The highest BCUT2D eigenvalue weighted by molar-refractivity contribution is 6.74. The Morgan fingerprint density at radius 1 is 1.29 bits per heavy atom. The van der Waals surface area contributed by atoms with Gasteiger partial charge in [0.15, 0.2) is 8.32 Å². The molecule has 0 aromatic carbocycles. The molecule has 1 aromatic heterocycles. The van der Waals surface area contributed by atoms with Crippen LogP contribution in [0.2, 0.25) is 18.1 Å². The van der Waals surface area contributed by atoms with Crippen molar-refractivity contribution >= 4 is 8.32 Å². The summed E-state index contributed by atoms with van der Waals surface area (Å²) in [6.45, 7) is 19.0. The molecule has 24 heavy (non-hydrogen) atoms. The van der Waals surface area contributed by atoms with Crippen molar-refractivity contribution in [2.24, 2.45) is 5.92 Å². The molecule has 0 amide bonds. The molecule has 0 saturated heterocycles. The summed E-state index contributed by atoms with van der Waals surface area (Å²) in [5.74, 6) is 0.701. The molecule has 5 heteroatoms. The number of hydrogen-bond donors (Lipinski definition) is 1. The normalized spacial score (nSPS) is 16.7. The largest absolute Gasteiger partial charge is 0.507 e. The molecule has 1 aromatic rings. The summed E-state index contributed by atoms with van der Waals surface area (Å²) in [4.78, 5) is 11.9. The summed E-state index contributed by atoms with van der Waals surface area (Å²) in [6.07, 6.45) is 0.923. The van der Waals surface area contributed by atoms with Gasteiger partial charge in [0.05, 0.1) is 11.7 Å². The summed E-state index contributed by atoms with van der Waals surface area (Å²) >= 11 is 0. The van der Waals surface area contributed by atoms with Crippen molar-refractivity contribution in [3.05, 3.63) is 27.8 Å². The summed E-state index contributed by atoms with van der Waals surface area (Å²) < 4.78 is 12.1. The van der Waals surface area contributed by atoms with Crippen molar-refractivity contribution in [3.8, 4) is 5.75 Å². The lowest BCUT2D eigenvalue weighted by atomic mass is 9.89. The molecule has 138 valence electrons. The molecule has 0 spiro atoms. The quantitative estimate of drug-likeness (QED) is 0.714. The Morgan fingerprint density at radius 2 is 1.83 bits per heavy atom. The number of aromatic hydroxyl groups is 1. The predicted octanol–water partition coefficient (Wildman–Crippen LogP) is 5.19. The van der Waals surface area contributed by atoms with Gasteiger partial charge in [0.25, 0.3) is 0 Å². The second-order valence-electron chi connectivity index (χ2n) is 8.46. The van der Waals surface area contributed by atoms with E-state index in [0.717, 1.165) is 6.42 Å². The summed E-state index contributed by atoms with van der Waals surface area (Å²) in [7, 11) is -1.96. The number of hydrogen-bond acceptors (Lipinski definition) is 4. The second-order valence-corrected chi connectivity index (χ2v) is 13.2. The van der Waals surface area contributed by atoms with Crippen LogP contribution >= 0.6 is 0 Å². The van der Waals surface area contributed by atoms with Gasteiger partial charge in [-0.25, -0.2) is 4.79 Å². The minimum atomic E-state index is -1.96. The third-order valence-electron chi connectivity index (χ3n) is 5.56. The zero-order valence-electron chi connectivity index (χ0n) is 16.7. The molecule has 4 nitrogen and oxygen atoms in total. The fourth-order valence-corrected chi connectivity index (χ4v) is 3.88. The summed E-state index contributed by atoms with van der Waals surface area (Å²) in [6, 6.07) is 1.56. The molecule has 1 rings (SSSR count). The van der Waals surface area contributed by atoms with E-state index in [0.29, 0.717) is 11.7 Å². The Labute approximate surface area is 147 Å². The third-order valence-corrected chi connectivity index (χ3v) is 10.0. The van der Waals surface area contributed by atoms with Gasteiger partial charge < -0.3 is 13.9 Å². The lowest BCUT2D eigenvalue weighted by molar-refractivity contribution is 0.0923. The van der Waals surface area contributed by atoms with Crippen LogP contribution in [0, 0.1) is 12.8 Å². The molecule has 0 aliphatic carbocycles. The summed E-state index contributed by atoms with van der Waals surface area (Å²) in [5.41, 5.74) is -0.233. The first-order valence-electron chi connectivity index (χ1n) is 8.83. The van der Waals surface area contributed by atoms with Crippen LogP contribution in [-0.4, -0.2) is 19.5 Å². The zero-order chi connectivity index (χ0) is 18.9. The third kappa shape index (κ3) is 4.51. The summed E-state index contributed by atoms with van der Waals surface area (Å²) in [5, 5.41) is 10.1. The highest BCUT2D eigenvalue weighted by Gasteiger charge is 2.41. The first-order valence-corrected chi connectivity index (χ1v) is 11.7. The lowest BCUT2D eigenvalue weighted by Gasteiger charge is -2.42. The topological polar surface area (TPSA) is 59.7 Å². The van der Waals surface area contributed by atoms with E-state index in [1.807, 2.05) is 6.92 Å². The van der Waals surface area contributed by atoms with E-state index in [1.165, 1.54) is 0 Å². The van der Waals surface area contributed by atoms with Crippen molar-refractivity contribution < 1.29 is 13.9 Å². The average molecular weight is 355 g/mol. The van der Waals surface area contributed by atoms with Crippen LogP contribution in [0.5, 0.6) is 5.75 Å². The van der Waals surface area contributed by atoms with Gasteiger partial charge in [-0.15, -0.1) is 0 Å². The highest BCUT2D eigenvalue weighted by Crippen LogP contribution is 2.41. The standard InChI is InChI=1S/C19H34O4Si/c1-10-12(2)17(23-24(8,9)19(5,6)7)14(4)16-11-15(20)13(3)18(21)22-16/h11-12,14,17,20H,10H2,1-9H3/t12-,14-,17-/m0/s1. The van der Waals surface area contributed by atoms with Crippen molar-refractivity contribution in [2.75, 3.05) is 0 Å². The molecule has 0 aliphatic heterocycles. The Hall–Kier alpha value is -1.07. The van der Waals surface area contributed by atoms with Crippen LogP contribution in [0.4, 0.5) is 0 Å². The van der Waals surface area contributed by atoms with Gasteiger partial charge in [-0.2, -0.15) is 0 Å². The van der Waals surface area contributed by atoms with Gasteiger partial charge in [-0.05, 0) is 31.0 Å². The minimum Gasteiger partial charge on any atom is -0.507 e. The van der Waals surface area contributed by atoms with Crippen molar-refractivity contribution in [1.29, 1.82) is 0 Å². The Morgan fingerprint density at radius 3 is 2.25 bits per heavy atom. The second kappa shape index (κ2) is 7.44. The van der Waals surface area contributed by atoms with Gasteiger partial charge in [-0.3, -0.25) is 0 Å². The van der Waals surface area contributed by atoms with Crippen LogP contribution < -0.4 is 5.63 Å². The average Bonchev–Trinajstić information content (AvgIpc) is 2.47. The lowest BCUT2D eigenvalue weighted by Crippen LogP contribution is -2.47. The molecule has 0 saturated carbocycles. The molecule has 3 atom stereocenters. The van der Waals surface area contributed by atoms with E-state index in [1.54, 1.807) is 13.0 Å². The van der Waals surface area contributed by atoms with Crippen LogP contribution in [0.25, 0.3) is 0 Å². The van der Waals surface area contributed by atoms with Gasteiger partial charge in [0.1, 0.15) is 11.5 Å². The van der Waals surface area contributed by atoms with E-state index >= 15 is 0 Å². The molecule has 0 fully saturated rings. The zero-order valence-corrected chi connectivity index (χ0v) is 17.7. The fourth-order valence-electron chi connectivity index (χ4n) is 2.41. The molecular formula is C19H34O4Si. The smallest absolute Gasteiger partial charge is 0.342 e. The van der Waals surface area contributed by atoms with Gasteiger partial charge in [-0.1, -0.05) is 48.0 Å². The van der Waals surface area contributed by atoms with Gasteiger partial charge >= 0.3 is 5.63 Å². The van der Waals surface area contributed by atoms with Crippen LogP contribution in [0.3, 0.4) is 0 Å². The maximum absolute atomic E-state index is 11.9. The van der Waals surface area contributed by atoms with E-state index in [4.69, 9.17) is 8.84 Å². The molecular weight excluding hydrogens is 320 g/mol. The van der Waals surface area contributed by atoms with Crippen LogP contribution in [0.15, 0.2) is 15.3 Å². The molecule has 0 unspecified atom stereocenters. The van der Waals surface area contributed by atoms with Crippen LogP contribution in [-0.2, 0) is 4.43 Å². The minimum absolute atomic E-state index is 0.0108. The SMILES string of the molecule is CC[C@H](C)[C@H](O[Si](C)(C)C(C)(C)C)[C@@H](C)c1cc(O)c(C)c(=O)o1. The van der Waals surface area contributed by atoms with Gasteiger partial charge in [0.2, 0.25) is 0 Å². The fraction of sp³-hybridized carbons (Fsp3) is 0.737. The van der Waals surface area contributed by atoms with E-state index < -0.39 is 13.9 Å². The monoisotopic (exact) mass is 354 g/mol. The Balaban J connectivity index is 3.24. The first-order chi connectivity index (χ1) is 10.8. The molecule has 0 aliphatic rings. The predicted molar refractivity (Wildman–Crippen MR) is 101 cm³/mol. The molecule has 1 heterocycles.